The van der Waals surface area contributed by atoms with Gasteiger partial charge in [0.2, 0.25) is 0 Å². The molecule has 0 atom stereocenters. The van der Waals surface area contributed by atoms with E-state index in [0.717, 1.165) is 0 Å². The Labute approximate surface area is 167 Å². The Hall–Kier alpha value is -4.41. The van der Waals surface area contributed by atoms with Gasteiger partial charge in [-0.05, 0) is 24.3 Å². The van der Waals surface area contributed by atoms with Gasteiger partial charge in [-0.25, -0.2) is 19.3 Å². The predicted molar refractivity (Wildman–Crippen MR) is 103 cm³/mol. The quantitative estimate of drug-likeness (QED) is 0.489. The minimum atomic E-state index is -0.541. The summed E-state index contributed by atoms with van der Waals surface area (Å²) < 4.78 is 15.7. The van der Waals surface area contributed by atoms with Gasteiger partial charge in [0.15, 0.2) is 11.5 Å². The highest BCUT2D eigenvalue weighted by Crippen LogP contribution is 2.17. The van der Waals surface area contributed by atoms with Crippen molar-refractivity contribution in [3.63, 3.8) is 0 Å². The number of benzene rings is 1. The third kappa shape index (κ3) is 3.17. The highest BCUT2D eigenvalue weighted by molar-refractivity contribution is 6.03. The average molecular weight is 404 g/mol. The van der Waals surface area contributed by atoms with Crippen LogP contribution in [-0.4, -0.2) is 40.4 Å². The molecule has 0 saturated heterocycles. The van der Waals surface area contributed by atoms with Gasteiger partial charge >= 0.3 is 6.01 Å². The van der Waals surface area contributed by atoms with Crippen molar-refractivity contribution in [3.05, 3.63) is 72.2 Å². The molecule has 0 aliphatic carbocycles. The number of aromatic nitrogens is 7. The summed E-state index contributed by atoms with van der Waals surface area (Å²) in [6.07, 6.45) is 5.84. The van der Waals surface area contributed by atoms with Crippen LogP contribution >= 0.6 is 0 Å². The predicted octanol–water partition coefficient (Wildman–Crippen LogP) is 2.41. The molecule has 148 valence electrons. The van der Waals surface area contributed by atoms with E-state index >= 15 is 0 Å². The second kappa shape index (κ2) is 6.88. The smallest absolute Gasteiger partial charge is 0.320 e. The minimum absolute atomic E-state index is 0.0106. The van der Waals surface area contributed by atoms with Crippen LogP contribution in [0.15, 0.2) is 55.1 Å². The van der Waals surface area contributed by atoms with Crippen LogP contribution in [0.2, 0.25) is 0 Å². The van der Waals surface area contributed by atoms with E-state index in [-0.39, 0.29) is 22.9 Å². The van der Waals surface area contributed by atoms with Crippen molar-refractivity contribution in [1.82, 2.24) is 34.5 Å². The van der Waals surface area contributed by atoms with Crippen LogP contribution < -0.4 is 10.2 Å². The van der Waals surface area contributed by atoms with E-state index in [9.17, 15) is 9.18 Å². The molecule has 0 bridgehead atoms. The molecule has 0 aliphatic rings. The van der Waals surface area contributed by atoms with Crippen LogP contribution in [0.5, 0.6) is 6.01 Å². The van der Waals surface area contributed by atoms with Crippen molar-refractivity contribution in [1.29, 1.82) is 0 Å². The van der Waals surface area contributed by atoms with Gasteiger partial charge < -0.3 is 14.6 Å². The van der Waals surface area contributed by atoms with E-state index in [1.165, 1.54) is 27.7 Å². The molecule has 1 aromatic carbocycles. The fraction of sp³-hybridized carbons (Fsp3) is 0.0526. The number of fused-ring (bicyclic) bond motifs is 2. The summed E-state index contributed by atoms with van der Waals surface area (Å²) in [5, 5.41) is 10.5. The Morgan fingerprint density at radius 1 is 1.17 bits per heavy atom. The topological polar surface area (TPSA) is 112 Å². The van der Waals surface area contributed by atoms with Crippen LogP contribution in [0.25, 0.3) is 16.7 Å². The number of nitrogens with one attached hydrogen (secondary N) is 1. The summed E-state index contributed by atoms with van der Waals surface area (Å²) in [4.78, 5) is 31.3. The van der Waals surface area contributed by atoms with E-state index in [0.29, 0.717) is 16.7 Å². The first-order valence-corrected chi connectivity index (χ1v) is 8.84. The molecule has 0 radical (unpaired) electrons. The van der Waals surface area contributed by atoms with E-state index in [1.807, 2.05) is 12.1 Å². The molecule has 4 heterocycles. The van der Waals surface area contributed by atoms with Crippen molar-refractivity contribution in [2.24, 2.45) is 0 Å². The lowest BCUT2D eigenvalue weighted by Gasteiger charge is -2.07. The number of nitrogens with zero attached hydrogens (tertiary/aromatic N) is 7. The number of para-hydroxylation sites is 1. The normalized spacial score (nSPS) is 11.1. The zero-order chi connectivity index (χ0) is 20.7. The second-order valence-corrected chi connectivity index (χ2v) is 6.44. The zero-order valence-electron chi connectivity index (χ0n) is 15.5. The lowest BCUT2D eigenvalue weighted by molar-refractivity contribution is 0.102. The molecule has 1 N–H and O–H groups in total. The average Bonchev–Trinajstić information content (AvgIpc) is 3.32. The van der Waals surface area contributed by atoms with Gasteiger partial charge in [-0.1, -0.05) is 17.0 Å². The fourth-order valence-corrected chi connectivity index (χ4v) is 2.92. The summed E-state index contributed by atoms with van der Waals surface area (Å²) >= 11 is 0. The maximum absolute atomic E-state index is 14.2. The van der Waals surface area contributed by atoms with E-state index < -0.39 is 11.7 Å². The molecule has 1 amide bonds. The van der Waals surface area contributed by atoms with Gasteiger partial charge in [0, 0.05) is 30.9 Å². The number of imidazole rings is 1. The number of aryl methyl sites for hydroxylation is 1. The second-order valence-electron chi connectivity index (χ2n) is 6.44. The van der Waals surface area contributed by atoms with E-state index in [1.54, 1.807) is 31.5 Å². The monoisotopic (exact) mass is 404 g/mol. The maximum Gasteiger partial charge on any atom is 0.345 e. The van der Waals surface area contributed by atoms with Gasteiger partial charge in [0.05, 0.1) is 16.9 Å². The Morgan fingerprint density at radius 3 is 2.80 bits per heavy atom. The lowest BCUT2D eigenvalue weighted by Crippen LogP contribution is -2.14. The Morgan fingerprint density at radius 2 is 1.97 bits per heavy atom. The number of rotatable bonds is 4. The van der Waals surface area contributed by atoms with Gasteiger partial charge in [-0.3, -0.25) is 4.79 Å². The SMILES string of the molecule is Cc1cn2cc(NC(=O)c3cnc(On4nnc5ccccc54)nc3)cc(F)c2n1. The zero-order valence-corrected chi connectivity index (χ0v) is 15.5. The molecule has 0 spiro atoms. The first-order valence-electron chi connectivity index (χ1n) is 8.84. The number of halogens is 1. The summed E-state index contributed by atoms with van der Waals surface area (Å²) in [5.74, 6) is -1.04. The number of hydrogen-bond donors (Lipinski definition) is 1. The van der Waals surface area contributed by atoms with Crippen LogP contribution in [0.4, 0.5) is 10.1 Å². The summed E-state index contributed by atoms with van der Waals surface area (Å²) in [6.45, 7) is 1.76. The van der Waals surface area contributed by atoms with E-state index in [2.05, 4.69) is 30.6 Å². The number of carbonyl (C=O) groups is 1. The van der Waals surface area contributed by atoms with Gasteiger partial charge in [0.1, 0.15) is 11.0 Å². The molecular formula is C19H13FN8O2. The Kier molecular flexibility index (Phi) is 4.05. The summed E-state index contributed by atoms with van der Waals surface area (Å²) in [6, 6.07) is 8.43. The highest BCUT2D eigenvalue weighted by Gasteiger charge is 2.13. The molecule has 0 unspecified atom stereocenters. The van der Waals surface area contributed by atoms with Crippen molar-refractivity contribution >= 4 is 28.3 Å². The molecular weight excluding hydrogens is 391 g/mol. The molecule has 10 nitrogen and oxygen atoms in total. The maximum atomic E-state index is 14.2. The number of pyridine rings is 1. The van der Waals surface area contributed by atoms with E-state index in [4.69, 9.17) is 4.84 Å². The molecule has 5 rings (SSSR count). The number of anilines is 1. The molecule has 0 fully saturated rings. The third-order valence-corrected chi connectivity index (χ3v) is 4.26. The standard InChI is InChI=1S/C19H13FN8O2/c1-11-9-27-10-13(6-14(20)17(27)23-11)24-18(29)12-7-21-19(22-8-12)30-28-16-5-3-2-4-15(16)25-26-28/h2-10H,1H3,(H,24,29). The number of amides is 1. The third-order valence-electron chi connectivity index (χ3n) is 4.26. The molecule has 11 heteroatoms. The number of hydrogen-bond acceptors (Lipinski definition) is 7. The van der Waals surface area contributed by atoms with Crippen molar-refractivity contribution in [2.75, 3.05) is 5.32 Å². The minimum Gasteiger partial charge on any atom is -0.320 e. The highest BCUT2D eigenvalue weighted by atomic mass is 19.1. The van der Waals surface area contributed by atoms with Crippen molar-refractivity contribution in [3.8, 4) is 6.01 Å². The van der Waals surface area contributed by atoms with Crippen LogP contribution in [-0.2, 0) is 0 Å². The Balaban J connectivity index is 1.33. The largest absolute Gasteiger partial charge is 0.345 e. The van der Waals surface area contributed by atoms with Crippen molar-refractivity contribution < 1.29 is 14.0 Å². The van der Waals surface area contributed by atoms with Crippen molar-refractivity contribution in [2.45, 2.75) is 6.92 Å². The summed E-state index contributed by atoms with van der Waals surface area (Å²) in [5.41, 5.74) is 2.61. The van der Waals surface area contributed by atoms with Crippen LogP contribution in [0.3, 0.4) is 0 Å². The lowest BCUT2D eigenvalue weighted by atomic mass is 10.3. The Bertz CT molecular complexity index is 1390. The van der Waals surface area contributed by atoms with Gasteiger partial charge in [-0.15, -0.1) is 5.10 Å². The summed E-state index contributed by atoms with van der Waals surface area (Å²) in [7, 11) is 0. The molecule has 0 aliphatic heterocycles. The molecule has 5 aromatic rings. The first-order chi connectivity index (χ1) is 14.6. The van der Waals surface area contributed by atoms with Gasteiger partial charge in [0.25, 0.3) is 5.91 Å². The molecule has 0 saturated carbocycles. The number of carbonyl (C=O) groups excluding carboxylic acids is 1. The molecule has 30 heavy (non-hydrogen) atoms. The van der Waals surface area contributed by atoms with Crippen LogP contribution in [0.1, 0.15) is 16.1 Å². The molecule has 4 aromatic heterocycles. The van der Waals surface area contributed by atoms with Gasteiger partial charge in [-0.2, -0.15) is 0 Å². The first kappa shape index (κ1) is 17.7. The fourth-order valence-electron chi connectivity index (χ4n) is 2.92. The van der Waals surface area contributed by atoms with Crippen LogP contribution in [0, 0.1) is 12.7 Å².